The lowest BCUT2D eigenvalue weighted by atomic mass is 10.2. The van der Waals surface area contributed by atoms with Crippen LogP contribution in [-0.2, 0) is 16.1 Å². The summed E-state index contributed by atoms with van der Waals surface area (Å²) in [5.41, 5.74) is 1.87. The molecule has 0 N–H and O–H groups in total. The van der Waals surface area contributed by atoms with E-state index in [2.05, 4.69) is 4.98 Å². The molecule has 0 aliphatic heterocycles. The molecule has 0 saturated carbocycles. The van der Waals surface area contributed by atoms with E-state index in [4.69, 9.17) is 14.2 Å². The van der Waals surface area contributed by atoms with Crippen molar-refractivity contribution in [3.63, 3.8) is 0 Å². The number of aromatic nitrogens is 2. The van der Waals surface area contributed by atoms with Gasteiger partial charge in [-0.25, -0.2) is 9.78 Å². The molecule has 2 heterocycles. The Balaban J connectivity index is 1.64. The van der Waals surface area contributed by atoms with Gasteiger partial charge < -0.3 is 14.2 Å². The number of esters is 1. The smallest absolute Gasteiger partial charge is 0.344 e. The Labute approximate surface area is 160 Å². The summed E-state index contributed by atoms with van der Waals surface area (Å²) in [6, 6.07) is 9.51. The highest BCUT2D eigenvalue weighted by atomic mass is 16.6. The van der Waals surface area contributed by atoms with Gasteiger partial charge in [-0.15, -0.1) is 0 Å². The number of carbonyl (C=O) groups excluding carboxylic acids is 2. The second kappa shape index (κ2) is 8.34. The van der Waals surface area contributed by atoms with Crippen molar-refractivity contribution in [3.05, 3.63) is 69.8 Å². The maximum atomic E-state index is 12.1. The zero-order valence-corrected chi connectivity index (χ0v) is 15.4. The fraction of sp³-hybridized carbons (Fsp3) is 0.200. The Morgan fingerprint density at radius 3 is 2.79 bits per heavy atom. The van der Waals surface area contributed by atoms with E-state index in [-0.39, 0.29) is 18.8 Å². The predicted octanol–water partition coefficient (Wildman–Crippen LogP) is 1.95. The Morgan fingerprint density at radius 2 is 2.04 bits per heavy atom. The van der Waals surface area contributed by atoms with E-state index in [9.17, 15) is 14.4 Å². The van der Waals surface area contributed by atoms with Crippen molar-refractivity contribution in [1.82, 2.24) is 9.38 Å². The molecule has 0 aliphatic rings. The van der Waals surface area contributed by atoms with Gasteiger partial charge in [0, 0.05) is 17.8 Å². The summed E-state index contributed by atoms with van der Waals surface area (Å²) in [4.78, 5) is 39.3. The van der Waals surface area contributed by atoms with Gasteiger partial charge >= 0.3 is 5.97 Å². The highest BCUT2D eigenvalue weighted by Crippen LogP contribution is 2.27. The standard InChI is InChI=1S/C20H18N2O6/c1-13-4-3-7-22-18(24)9-15(21-20(13)22)11-28-19(25)12-27-16-6-5-14(10-23)8-17(16)26-2/h3-10H,11-12H2,1-2H3. The summed E-state index contributed by atoms with van der Waals surface area (Å²) in [5.74, 6) is 0.00754. The average molecular weight is 382 g/mol. The van der Waals surface area contributed by atoms with Gasteiger partial charge in [0.2, 0.25) is 0 Å². The topological polar surface area (TPSA) is 96.2 Å². The minimum absolute atomic E-state index is 0.149. The zero-order chi connectivity index (χ0) is 20.1. The van der Waals surface area contributed by atoms with Crippen molar-refractivity contribution >= 4 is 17.9 Å². The average Bonchev–Trinajstić information content (AvgIpc) is 2.71. The van der Waals surface area contributed by atoms with Crippen molar-refractivity contribution in [3.8, 4) is 11.5 Å². The van der Waals surface area contributed by atoms with Gasteiger partial charge in [-0.3, -0.25) is 14.0 Å². The molecular weight excluding hydrogens is 364 g/mol. The number of aldehydes is 1. The second-order valence-corrected chi connectivity index (χ2v) is 5.95. The number of carbonyl (C=O) groups is 2. The molecular formula is C20H18N2O6. The van der Waals surface area contributed by atoms with Crippen LogP contribution in [0.15, 0.2) is 47.4 Å². The van der Waals surface area contributed by atoms with Gasteiger partial charge in [0.1, 0.15) is 18.5 Å². The minimum Gasteiger partial charge on any atom is -0.493 e. The number of hydrogen-bond acceptors (Lipinski definition) is 7. The highest BCUT2D eigenvalue weighted by Gasteiger charge is 2.11. The van der Waals surface area contributed by atoms with Crippen molar-refractivity contribution < 1.29 is 23.8 Å². The number of aryl methyl sites for hydroxylation is 1. The lowest BCUT2D eigenvalue weighted by Gasteiger charge is -2.11. The van der Waals surface area contributed by atoms with Crippen LogP contribution < -0.4 is 15.0 Å². The maximum Gasteiger partial charge on any atom is 0.344 e. The molecule has 8 nitrogen and oxygen atoms in total. The fourth-order valence-corrected chi connectivity index (χ4v) is 2.59. The number of methoxy groups -OCH3 is 1. The van der Waals surface area contributed by atoms with Crippen molar-refractivity contribution in [2.24, 2.45) is 0 Å². The number of fused-ring (bicyclic) bond motifs is 1. The van der Waals surface area contributed by atoms with Crippen LogP contribution in [0.5, 0.6) is 11.5 Å². The van der Waals surface area contributed by atoms with E-state index >= 15 is 0 Å². The Hall–Kier alpha value is -3.68. The van der Waals surface area contributed by atoms with E-state index in [1.165, 1.54) is 29.7 Å². The quantitative estimate of drug-likeness (QED) is 0.455. The van der Waals surface area contributed by atoms with Crippen LogP contribution in [0.25, 0.3) is 5.65 Å². The van der Waals surface area contributed by atoms with Crippen LogP contribution in [0.4, 0.5) is 0 Å². The SMILES string of the molecule is COc1cc(C=O)ccc1OCC(=O)OCc1cc(=O)n2cccc(C)c2n1. The molecule has 0 atom stereocenters. The van der Waals surface area contributed by atoms with Crippen molar-refractivity contribution in [2.45, 2.75) is 13.5 Å². The third-order valence-corrected chi connectivity index (χ3v) is 3.99. The van der Waals surface area contributed by atoms with Crippen LogP contribution in [-0.4, -0.2) is 35.4 Å². The van der Waals surface area contributed by atoms with Crippen LogP contribution in [0, 0.1) is 6.92 Å². The van der Waals surface area contributed by atoms with E-state index in [0.717, 1.165) is 5.56 Å². The monoisotopic (exact) mass is 382 g/mol. The molecule has 0 radical (unpaired) electrons. The van der Waals surface area contributed by atoms with Crippen molar-refractivity contribution in [2.75, 3.05) is 13.7 Å². The van der Waals surface area contributed by atoms with Gasteiger partial charge in [-0.1, -0.05) is 6.07 Å². The summed E-state index contributed by atoms with van der Waals surface area (Å²) in [5, 5.41) is 0. The first-order chi connectivity index (χ1) is 13.5. The zero-order valence-electron chi connectivity index (χ0n) is 15.4. The van der Waals surface area contributed by atoms with Gasteiger partial charge in [-0.2, -0.15) is 0 Å². The molecule has 0 saturated heterocycles. The normalized spacial score (nSPS) is 10.5. The Kier molecular flexibility index (Phi) is 5.69. The number of rotatable bonds is 7. The molecule has 2 aromatic heterocycles. The molecule has 144 valence electrons. The molecule has 3 aromatic rings. The van der Waals surface area contributed by atoms with Crippen LogP contribution in [0.1, 0.15) is 21.6 Å². The molecule has 0 bridgehead atoms. The molecule has 0 amide bonds. The Morgan fingerprint density at radius 1 is 1.21 bits per heavy atom. The van der Waals surface area contributed by atoms with Crippen LogP contribution in [0.3, 0.4) is 0 Å². The molecule has 0 fully saturated rings. The summed E-state index contributed by atoms with van der Waals surface area (Å²) in [6.07, 6.45) is 2.31. The molecule has 8 heteroatoms. The number of ether oxygens (including phenoxy) is 3. The molecule has 28 heavy (non-hydrogen) atoms. The number of pyridine rings is 1. The summed E-state index contributed by atoms with van der Waals surface area (Å²) in [6.45, 7) is 1.33. The largest absolute Gasteiger partial charge is 0.493 e. The highest BCUT2D eigenvalue weighted by molar-refractivity contribution is 5.76. The fourth-order valence-electron chi connectivity index (χ4n) is 2.59. The van der Waals surface area contributed by atoms with Gasteiger partial charge in [-0.05, 0) is 36.8 Å². The van der Waals surface area contributed by atoms with E-state index in [0.29, 0.717) is 34.7 Å². The molecule has 0 aliphatic carbocycles. The minimum atomic E-state index is -0.631. The summed E-state index contributed by atoms with van der Waals surface area (Å²) >= 11 is 0. The van der Waals surface area contributed by atoms with Crippen LogP contribution >= 0.6 is 0 Å². The summed E-state index contributed by atoms with van der Waals surface area (Å²) in [7, 11) is 1.43. The first kappa shape index (κ1) is 19.1. The van der Waals surface area contributed by atoms with E-state index < -0.39 is 5.97 Å². The molecule has 3 rings (SSSR count). The first-order valence-electron chi connectivity index (χ1n) is 8.41. The molecule has 0 unspecified atom stereocenters. The van der Waals surface area contributed by atoms with Crippen LogP contribution in [0.2, 0.25) is 0 Å². The lowest BCUT2D eigenvalue weighted by molar-refractivity contribution is -0.147. The summed E-state index contributed by atoms with van der Waals surface area (Å²) < 4.78 is 17.1. The van der Waals surface area contributed by atoms with Gasteiger partial charge in [0.15, 0.2) is 18.1 Å². The van der Waals surface area contributed by atoms with E-state index in [1.54, 1.807) is 18.3 Å². The second-order valence-electron chi connectivity index (χ2n) is 5.95. The predicted molar refractivity (Wildman–Crippen MR) is 99.9 cm³/mol. The third kappa shape index (κ3) is 4.17. The van der Waals surface area contributed by atoms with Crippen molar-refractivity contribution in [1.29, 1.82) is 0 Å². The number of benzene rings is 1. The molecule has 0 spiro atoms. The first-order valence-corrected chi connectivity index (χ1v) is 8.41. The van der Waals surface area contributed by atoms with Gasteiger partial charge in [0.05, 0.1) is 12.8 Å². The van der Waals surface area contributed by atoms with Gasteiger partial charge in [0.25, 0.3) is 5.56 Å². The van der Waals surface area contributed by atoms with E-state index in [1.807, 2.05) is 13.0 Å². The third-order valence-electron chi connectivity index (χ3n) is 3.99. The lowest BCUT2D eigenvalue weighted by Crippen LogP contribution is -2.19. The Bertz CT molecular complexity index is 1090. The molecule has 1 aromatic carbocycles. The number of nitrogens with zero attached hydrogens (tertiary/aromatic N) is 2. The maximum absolute atomic E-state index is 12.1. The number of hydrogen-bond donors (Lipinski definition) is 0.